The zero-order valence-corrected chi connectivity index (χ0v) is 12.3. The number of nitrogens with one attached hydrogen (secondary N) is 1. The molecule has 0 aliphatic heterocycles. The number of amides is 1. The summed E-state index contributed by atoms with van der Waals surface area (Å²) in [4.78, 5) is 15.9. The average molecular weight is 294 g/mol. The van der Waals surface area contributed by atoms with Crippen LogP contribution in [0.4, 0.5) is 0 Å². The molecule has 0 atom stereocenters. The van der Waals surface area contributed by atoms with Gasteiger partial charge in [0, 0.05) is 13.2 Å². The summed E-state index contributed by atoms with van der Waals surface area (Å²) < 4.78 is 14.8. The first kappa shape index (κ1) is 15.2. The lowest BCUT2D eigenvalue weighted by Gasteiger charge is -1.98. The van der Waals surface area contributed by atoms with E-state index in [9.17, 15) is 4.79 Å². The van der Waals surface area contributed by atoms with Gasteiger partial charge in [0.25, 0.3) is 11.8 Å². The van der Waals surface area contributed by atoms with Crippen molar-refractivity contribution in [3.63, 3.8) is 0 Å². The van der Waals surface area contributed by atoms with Crippen molar-refractivity contribution < 1.29 is 18.6 Å². The van der Waals surface area contributed by atoms with Gasteiger partial charge in [0.1, 0.15) is 6.61 Å². The Morgan fingerprint density at radius 2 is 2.19 bits per heavy atom. The SMILES string of the molecule is COCc1nc(CNC(=O)c2cc(CC(C)C)no2)no1. The van der Waals surface area contributed by atoms with Crippen LogP contribution in [0.5, 0.6) is 0 Å². The Morgan fingerprint density at radius 3 is 2.90 bits per heavy atom. The van der Waals surface area contributed by atoms with Crippen LogP contribution in [0, 0.1) is 5.92 Å². The molecule has 0 saturated heterocycles. The zero-order chi connectivity index (χ0) is 15.2. The van der Waals surface area contributed by atoms with Gasteiger partial charge in [0.15, 0.2) is 5.82 Å². The van der Waals surface area contributed by atoms with Crippen molar-refractivity contribution in [1.29, 1.82) is 0 Å². The maximum atomic E-state index is 11.9. The minimum atomic E-state index is -0.365. The van der Waals surface area contributed by atoms with Gasteiger partial charge < -0.3 is 19.1 Å². The molecule has 8 nitrogen and oxygen atoms in total. The fraction of sp³-hybridized carbons (Fsp3) is 0.538. The van der Waals surface area contributed by atoms with Crippen LogP contribution in [0.25, 0.3) is 0 Å². The summed E-state index contributed by atoms with van der Waals surface area (Å²) in [6, 6.07) is 1.64. The summed E-state index contributed by atoms with van der Waals surface area (Å²) in [5.41, 5.74) is 0.761. The maximum Gasteiger partial charge on any atom is 0.290 e. The molecule has 0 bridgehead atoms. The molecule has 2 aromatic rings. The van der Waals surface area contributed by atoms with E-state index in [1.807, 2.05) is 0 Å². The Kier molecular flexibility index (Phi) is 5.04. The smallest absolute Gasteiger partial charge is 0.290 e. The highest BCUT2D eigenvalue weighted by Crippen LogP contribution is 2.09. The first-order valence-electron chi connectivity index (χ1n) is 6.62. The van der Waals surface area contributed by atoms with Crippen molar-refractivity contribution in [1.82, 2.24) is 20.6 Å². The van der Waals surface area contributed by atoms with E-state index in [1.165, 1.54) is 7.11 Å². The molecule has 2 aromatic heterocycles. The van der Waals surface area contributed by atoms with Gasteiger partial charge in [0.05, 0.1) is 12.2 Å². The molecule has 2 rings (SSSR count). The van der Waals surface area contributed by atoms with E-state index >= 15 is 0 Å². The van der Waals surface area contributed by atoms with Crippen molar-refractivity contribution in [2.75, 3.05) is 7.11 Å². The number of carbonyl (C=O) groups is 1. The van der Waals surface area contributed by atoms with E-state index in [0.29, 0.717) is 17.6 Å². The number of methoxy groups -OCH3 is 1. The van der Waals surface area contributed by atoms with Gasteiger partial charge in [-0.2, -0.15) is 4.98 Å². The maximum absolute atomic E-state index is 11.9. The normalized spacial score (nSPS) is 11.0. The van der Waals surface area contributed by atoms with Crippen molar-refractivity contribution >= 4 is 5.91 Å². The molecular formula is C13H18N4O4. The molecule has 0 aromatic carbocycles. The fourth-order valence-electron chi connectivity index (χ4n) is 1.72. The Hall–Kier alpha value is -2.22. The Balaban J connectivity index is 1.87. The molecule has 8 heteroatoms. The minimum absolute atomic E-state index is 0.145. The standard InChI is InChI=1S/C13H18N4O4/c1-8(2)4-9-5-10(20-16-9)13(18)14-6-11-15-12(7-19-3)21-17-11/h5,8H,4,6-7H2,1-3H3,(H,14,18). The van der Waals surface area contributed by atoms with Crippen LogP contribution in [-0.4, -0.2) is 28.3 Å². The Labute approximate surface area is 121 Å². The largest absolute Gasteiger partial charge is 0.375 e. The number of ether oxygens (including phenoxy) is 1. The van der Waals surface area contributed by atoms with Crippen LogP contribution in [0.3, 0.4) is 0 Å². The van der Waals surface area contributed by atoms with Gasteiger partial charge in [-0.1, -0.05) is 24.2 Å². The van der Waals surface area contributed by atoms with E-state index in [-0.39, 0.29) is 24.8 Å². The molecule has 0 radical (unpaired) electrons. The number of hydrogen-bond donors (Lipinski definition) is 1. The van der Waals surface area contributed by atoms with Crippen LogP contribution in [0.15, 0.2) is 15.1 Å². The predicted molar refractivity (Wildman–Crippen MR) is 71.2 cm³/mol. The lowest BCUT2D eigenvalue weighted by atomic mass is 10.1. The fourth-order valence-corrected chi connectivity index (χ4v) is 1.72. The van der Waals surface area contributed by atoms with Gasteiger partial charge in [-0.05, 0) is 12.3 Å². The summed E-state index contributed by atoms with van der Waals surface area (Å²) >= 11 is 0. The highest BCUT2D eigenvalue weighted by Gasteiger charge is 2.14. The summed E-state index contributed by atoms with van der Waals surface area (Å²) in [7, 11) is 1.53. The van der Waals surface area contributed by atoms with Crippen LogP contribution < -0.4 is 5.32 Å². The van der Waals surface area contributed by atoms with Crippen LogP contribution in [0.2, 0.25) is 0 Å². The van der Waals surface area contributed by atoms with Gasteiger partial charge in [-0.25, -0.2) is 0 Å². The second-order valence-electron chi connectivity index (χ2n) is 5.00. The molecule has 21 heavy (non-hydrogen) atoms. The molecule has 0 unspecified atom stereocenters. The molecule has 0 aliphatic carbocycles. The lowest BCUT2D eigenvalue weighted by Crippen LogP contribution is -2.22. The van der Waals surface area contributed by atoms with Crippen molar-refractivity contribution in [3.05, 3.63) is 29.2 Å². The molecule has 0 saturated carbocycles. The van der Waals surface area contributed by atoms with E-state index in [2.05, 4.69) is 34.5 Å². The van der Waals surface area contributed by atoms with Crippen LogP contribution >= 0.6 is 0 Å². The summed E-state index contributed by atoms with van der Waals surface area (Å²) in [6.07, 6.45) is 0.766. The van der Waals surface area contributed by atoms with Crippen molar-refractivity contribution in [2.24, 2.45) is 5.92 Å². The van der Waals surface area contributed by atoms with E-state index in [1.54, 1.807) is 6.07 Å². The quantitative estimate of drug-likeness (QED) is 0.821. The Morgan fingerprint density at radius 1 is 1.38 bits per heavy atom. The predicted octanol–water partition coefficient (Wildman–Crippen LogP) is 1.33. The third-order valence-corrected chi connectivity index (χ3v) is 2.59. The summed E-state index contributed by atoms with van der Waals surface area (Å²) in [6.45, 7) is 4.53. The average Bonchev–Trinajstić information content (AvgIpc) is 3.05. The molecule has 1 N–H and O–H groups in total. The van der Waals surface area contributed by atoms with Crippen LogP contribution in [0.1, 0.15) is 41.8 Å². The van der Waals surface area contributed by atoms with Crippen molar-refractivity contribution in [2.45, 2.75) is 33.4 Å². The van der Waals surface area contributed by atoms with E-state index in [0.717, 1.165) is 12.1 Å². The lowest BCUT2D eigenvalue weighted by molar-refractivity contribution is 0.0912. The number of carbonyl (C=O) groups excluding carboxylic acids is 1. The van der Waals surface area contributed by atoms with Gasteiger partial charge in [0.2, 0.25) is 5.76 Å². The molecule has 114 valence electrons. The zero-order valence-electron chi connectivity index (χ0n) is 12.3. The first-order valence-corrected chi connectivity index (χ1v) is 6.62. The van der Waals surface area contributed by atoms with Crippen molar-refractivity contribution in [3.8, 4) is 0 Å². The second kappa shape index (κ2) is 6.98. The minimum Gasteiger partial charge on any atom is -0.375 e. The topological polar surface area (TPSA) is 103 Å². The number of hydrogen-bond acceptors (Lipinski definition) is 7. The van der Waals surface area contributed by atoms with Gasteiger partial charge >= 0.3 is 0 Å². The highest BCUT2D eigenvalue weighted by atomic mass is 16.5. The number of rotatable bonds is 7. The number of aromatic nitrogens is 3. The molecule has 0 spiro atoms. The first-order chi connectivity index (χ1) is 10.1. The van der Waals surface area contributed by atoms with Crippen LogP contribution in [-0.2, 0) is 24.3 Å². The molecule has 2 heterocycles. The molecule has 0 fully saturated rings. The van der Waals surface area contributed by atoms with E-state index in [4.69, 9.17) is 13.8 Å². The number of nitrogens with zero attached hydrogens (tertiary/aromatic N) is 3. The Bertz CT molecular complexity index is 591. The molecule has 0 aliphatic rings. The third kappa shape index (κ3) is 4.38. The summed E-state index contributed by atoms with van der Waals surface area (Å²) in [5.74, 6) is 0.990. The molecular weight excluding hydrogens is 276 g/mol. The second-order valence-corrected chi connectivity index (χ2v) is 5.00. The third-order valence-electron chi connectivity index (χ3n) is 2.59. The summed E-state index contributed by atoms with van der Waals surface area (Å²) in [5, 5.41) is 10.2. The van der Waals surface area contributed by atoms with Gasteiger partial charge in [-0.3, -0.25) is 4.79 Å². The van der Waals surface area contributed by atoms with Gasteiger partial charge in [-0.15, -0.1) is 0 Å². The van der Waals surface area contributed by atoms with E-state index < -0.39 is 0 Å². The molecule has 1 amide bonds. The highest BCUT2D eigenvalue weighted by molar-refractivity contribution is 5.91. The monoisotopic (exact) mass is 294 g/mol.